The number of aromatic hydroxyl groups is 1. The molecule has 1 fully saturated rings. The molecule has 24 heavy (non-hydrogen) atoms. The van der Waals surface area contributed by atoms with Crippen LogP contribution in [0.3, 0.4) is 0 Å². The van der Waals surface area contributed by atoms with Crippen molar-refractivity contribution in [3.63, 3.8) is 0 Å². The van der Waals surface area contributed by atoms with Crippen molar-refractivity contribution in [3.05, 3.63) is 52.0 Å². The smallest absolute Gasteiger partial charge is 0.161 e. The monoisotopic (exact) mass is 366 g/mol. The molecule has 0 atom stereocenters. The quantitative estimate of drug-likeness (QED) is 0.885. The summed E-state index contributed by atoms with van der Waals surface area (Å²) in [5.41, 5.74) is 1.99. The summed E-state index contributed by atoms with van der Waals surface area (Å²) in [6.45, 7) is 4.34. The van der Waals surface area contributed by atoms with E-state index in [-0.39, 0.29) is 5.75 Å². The molecule has 0 aromatic heterocycles. The Morgan fingerprint density at radius 1 is 1.04 bits per heavy atom. The van der Waals surface area contributed by atoms with Crippen LogP contribution in [0.15, 0.2) is 36.4 Å². The number of methoxy groups -OCH3 is 1. The van der Waals surface area contributed by atoms with Gasteiger partial charge in [-0.1, -0.05) is 35.3 Å². The van der Waals surface area contributed by atoms with Crippen molar-refractivity contribution >= 4 is 28.9 Å². The van der Waals surface area contributed by atoms with E-state index in [1.165, 1.54) is 7.11 Å². The summed E-state index contributed by atoms with van der Waals surface area (Å²) in [5, 5.41) is 11.3. The van der Waals surface area contributed by atoms with Gasteiger partial charge in [0.25, 0.3) is 0 Å². The van der Waals surface area contributed by atoms with E-state index < -0.39 is 0 Å². The maximum absolute atomic E-state index is 9.94. The van der Waals surface area contributed by atoms with E-state index in [9.17, 15) is 5.11 Å². The number of ether oxygens (including phenoxy) is 1. The Bertz CT molecular complexity index is 716. The van der Waals surface area contributed by atoms with Crippen LogP contribution in [0.1, 0.15) is 5.56 Å². The van der Waals surface area contributed by atoms with Crippen molar-refractivity contribution in [3.8, 4) is 11.5 Å². The Kier molecular flexibility index (Phi) is 5.39. The average Bonchev–Trinajstić information content (AvgIpc) is 2.59. The summed E-state index contributed by atoms with van der Waals surface area (Å²) in [6.07, 6.45) is 0. The molecule has 0 radical (unpaired) electrons. The van der Waals surface area contributed by atoms with E-state index in [4.69, 9.17) is 27.9 Å². The number of rotatable bonds is 4. The molecular weight excluding hydrogens is 347 g/mol. The van der Waals surface area contributed by atoms with Crippen LogP contribution in [0.4, 0.5) is 5.69 Å². The molecule has 0 saturated carbocycles. The number of phenols is 1. The lowest BCUT2D eigenvalue weighted by atomic mass is 10.1. The Hall–Kier alpha value is -1.62. The largest absolute Gasteiger partial charge is 0.504 e. The highest BCUT2D eigenvalue weighted by atomic mass is 35.5. The van der Waals surface area contributed by atoms with Crippen molar-refractivity contribution in [1.82, 2.24) is 4.90 Å². The fourth-order valence-corrected chi connectivity index (χ4v) is 3.44. The molecule has 1 aliphatic rings. The number of halogens is 2. The molecule has 0 spiro atoms. The predicted octanol–water partition coefficient (Wildman–Crippen LogP) is 4.03. The Labute approximate surface area is 152 Å². The number of nitrogens with zero attached hydrogens (tertiary/aromatic N) is 2. The highest BCUT2D eigenvalue weighted by Crippen LogP contribution is 2.33. The van der Waals surface area contributed by atoms with E-state index in [2.05, 4.69) is 15.9 Å². The van der Waals surface area contributed by atoms with Crippen LogP contribution in [0.5, 0.6) is 11.5 Å². The first-order chi connectivity index (χ1) is 11.6. The lowest BCUT2D eigenvalue weighted by Gasteiger charge is -2.36. The molecule has 1 N–H and O–H groups in total. The van der Waals surface area contributed by atoms with Crippen LogP contribution in [-0.4, -0.2) is 43.3 Å². The number of hydrogen-bond donors (Lipinski definition) is 1. The lowest BCUT2D eigenvalue weighted by Crippen LogP contribution is -2.46. The van der Waals surface area contributed by atoms with E-state index >= 15 is 0 Å². The first kappa shape index (κ1) is 17.2. The number of hydrogen-bond acceptors (Lipinski definition) is 4. The summed E-state index contributed by atoms with van der Waals surface area (Å²) in [6, 6.07) is 11.3. The number of piperazine rings is 1. The molecule has 6 heteroatoms. The maximum atomic E-state index is 9.94. The predicted molar refractivity (Wildman–Crippen MR) is 98.6 cm³/mol. The third kappa shape index (κ3) is 3.72. The Morgan fingerprint density at radius 3 is 2.42 bits per heavy atom. The zero-order valence-corrected chi connectivity index (χ0v) is 15.0. The van der Waals surface area contributed by atoms with E-state index in [1.54, 1.807) is 12.1 Å². The van der Waals surface area contributed by atoms with Crippen LogP contribution in [0, 0.1) is 0 Å². The molecule has 128 valence electrons. The second kappa shape index (κ2) is 7.51. The van der Waals surface area contributed by atoms with Gasteiger partial charge in [0, 0.05) is 43.8 Å². The standard InChI is InChI=1S/C18H20Cl2N2O2/c1-24-18-11-15(20)13(10-17(18)23)12-21-6-8-22(9-7-21)16-5-3-2-4-14(16)19/h2-5,10-11,23H,6-9,12H2,1H3. The van der Waals surface area contributed by atoms with Crippen LogP contribution >= 0.6 is 23.2 Å². The zero-order valence-electron chi connectivity index (χ0n) is 13.5. The van der Waals surface area contributed by atoms with Crippen molar-refractivity contribution in [2.75, 3.05) is 38.2 Å². The number of anilines is 1. The van der Waals surface area contributed by atoms with Crippen LogP contribution < -0.4 is 9.64 Å². The van der Waals surface area contributed by atoms with Gasteiger partial charge in [0.05, 0.1) is 17.8 Å². The number of phenolic OH excluding ortho intramolecular Hbond substituents is 1. The van der Waals surface area contributed by atoms with E-state index in [0.29, 0.717) is 17.3 Å². The Balaban J connectivity index is 1.64. The van der Waals surface area contributed by atoms with Gasteiger partial charge in [0.1, 0.15) is 0 Å². The summed E-state index contributed by atoms with van der Waals surface area (Å²) in [7, 11) is 1.51. The minimum absolute atomic E-state index is 0.117. The molecule has 3 rings (SSSR count). The first-order valence-corrected chi connectivity index (χ1v) is 8.61. The van der Waals surface area contributed by atoms with Crippen molar-refractivity contribution < 1.29 is 9.84 Å². The minimum Gasteiger partial charge on any atom is -0.504 e. The molecule has 4 nitrogen and oxygen atoms in total. The summed E-state index contributed by atoms with van der Waals surface area (Å²) < 4.78 is 5.08. The number of para-hydroxylation sites is 1. The van der Waals surface area contributed by atoms with Crippen LogP contribution in [0.2, 0.25) is 10.0 Å². The molecule has 0 aliphatic carbocycles. The van der Waals surface area contributed by atoms with Gasteiger partial charge in [-0.05, 0) is 23.8 Å². The molecule has 1 aliphatic heterocycles. The van der Waals surface area contributed by atoms with Gasteiger partial charge in [0.2, 0.25) is 0 Å². The van der Waals surface area contributed by atoms with Gasteiger partial charge < -0.3 is 14.7 Å². The molecule has 0 bridgehead atoms. The van der Waals surface area contributed by atoms with Crippen LogP contribution in [0.25, 0.3) is 0 Å². The van der Waals surface area contributed by atoms with Crippen LogP contribution in [-0.2, 0) is 6.54 Å². The second-order valence-electron chi connectivity index (χ2n) is 5.83. The molecule has 2 aromatic rings. The molecule has 0 unspecified atom stereocenters. The van der Waals surface area contributed by atoms with E-state index in [1.807, 2.05) is 18.2 Å². The van der Waals surface area contributed by atoms with Crippen molar-refractivity contribution in [2.24, 2.45) is 0 Å². The molecule has 1 saturated heterocycles. The summed E-state index contributed by atoms with van der Waals surface area (Å²) >= 11 is 12.6. The third-order valence-corrected chi connectivity index (χ3v) is 4.98. The van der Waals surface area contributed by atoms with E-state index in [0.717, 1.165) is 42.5 Å². The topological polar surface area (TPSA) is 35.9 Å². The van der Waals surface area contributed by atoms with Gasteiger partial charge in [-0.2, -0.15) is 0 Å². The first-order valence-electron chi connectivity index (χ1n) is 7.85. The van der Waals surface area contributed by atoms with Crippen molar-refractivity contribution in [2.45, 2.75) is 6.54 Å². The number of benzene rings is 2. The zero-order chi connectivity index (χ0) is 17.1. The highest BCUT2D eigenvalue weighted by molar-refractivity contribution is 6.33. The summed E-state index contributed by atoms with van der Waals surface area (Å²) in [4.78, 5) is 4.62. The Morgan fingerprint density at radius 2 is 1.75 bits per heavy atom. The van der Waals surface area contributed by atoms with Gasteiger partial charge in [-0.15, -0.1) is 0 Å². The minimum atomic E-state index is 0.117. The van der Waals surface area contributed by atoms with Gasteiger partial charge in [-0.25, -0.2) is 0 Å². The highest BCUT2D eigenvalue weighted by Gasteiger charge is 2.20. The molecule has 1 heterocycles. The fraction of sp³-hybridized carbons (Fsp3) is 0.333. The van der Waals surface area contributed by atoms with Gasteiger partial charge >= 0.3 is 0 Å². The molecule has 2 aromatic carbocycles. The fourth-order valence-electron chi connectivity index (χ4n) is 2.97. The average molecular weight is 367 g/mol. The summed E-state index contributed by atoms with van der Waals surface area (Å²) in [5.74, 6) is 0.513. The SMILES string of the molecule is COc1cc(Cl)c(CN2CCN(c3ccccc3Cl)CC2)cc1O. The third-order valence-electron chi connectivity index (χ3n) is 4.31. The normalized spacial score (nSPS) is 15.5. The second-order valence-corrected chi connectivity index (χ2v) is 6.64. The molecular formula is C18H20Cl2N2O2. The lowest BCUT2D eigenvalue weighted by molar-refractivity contribution is 0.249. The maximum Gasteiger partial charge on any atom is 0.161 e. The van der Waals surface area contributed by atoms with Gasteiger partial charge in [0.15, 0.2) is 11.5 Å². The van der Waals surface area contributed by atoms with Crippen molar-refractivity contribution in [1.29, 1.82) is 0 Å². The molecule has 0 amide bonds. The van der Waals surface area contributed by atoms with Gasteiger partial charge in [-0.3, -0.25) is 4.90 Å².